The number of nitrogens with zero attached hydrogens (tertiary/aromatic N) is 1. The van der Waals surface area contributed by atoms with Crippen molar-refractivity contribution in [3.63, 3.8) is 0 Å². The Hall–Kier alpha value is -2.01. The lowest BCUT2D eigenvalue weighted by Crippen LogP contribution is -1.92. The van der Waals surface area contributed by atoms with Crippen LogP contribution in [-0.2, 0) is 6.61 Å². The van der Waals surface area contributed by atoms with E-state index in [1.54, 1.807) is 14.2 Å². The van der Waals surface area contributed by atoms with Gasteiger partial charge in [0.2, 0.25) is 0 Å². The Morgan fingerprint density at radius 3 is 2.61 bits per heavy atom. The highest BCUT2D eigenvalue weighted by Crippen LogP contribution is 2.33. The van der Waals surface area contributed by atoms with E-state index < -0.39 is 0 Å². The minimum atomic E-state index is -0.118. The smallest absolute Gasteiger partial charge is 0.132 e. The van der Waals surface area contributed by atoms with E-state index in [9.17, 15) is 0 Å². The zero-order chi connectivity index (χ0) is 13.1. The van der Waals surface area contributed by atoms with Crippen molar-refractivity contribution < 1.29 is 14.6 Å². The van der Waals surface area contributed by atoms with Gasteiger partial charge in [0, 0.05) is 11.3 Å². The molecule has 18 heavy (non-hydrogen) atoms. The standard InChI is InChI=1S/C13H16N2O3/c1-8-13(15-12(7-16)14-8)10-6-9(17-2)4-5-11(10)18-3/h4-6,16H,7H2,1-3H3,(H,14,15). The number of hydrogen-bond donors (Lipinski definition) is 2. The Morgan fingerprint density at radius 1 is 1.28 bits per heavy atom. The summed E-state index contributed by atoms with van der Waals surface area (Å²) < 4.78 is 10.5. The molecule has 1 aromatic heterocycles. The van der Waals surface area contributed by atoms with E-state index in [2.05, 4.69) is 9.97 Å². The fourth-order valence-electron chi connectivity index (χ4n) is 1.86. The van der Waals surface area contributed by atoms with Gasteiger partial charge < -0.3 is 19.6 Å². The quantitative estimate of drug-likeness (QED) is 0.867. The molecular formula is C13H16N2O3. The topological polar surface area (TPSA) is 67.4 Å². The summed E-state index contributed by atoms with van der Waals surface area (Å²) in [5.74, 6) is 1.99. The summed E-state index contributed by atoms with van der Waals surface area (Å²) in [5, 5.41) is 9.10. The van der Waals surface area contributed by atoms with Gasteiger partial charge >= 0.3 is 0 Å². The normalized spacial score (nSPS) is 10.4. The molecule has 0 radical (unpaired) electrons. The average molecular weight is 248 g/mol. The molecule has 96 valence electrons. The van der Waals surface area contributed by atoms with Crippen molar-refractivity contribution in [2.75, 3.05) is 14.2 Å². The predicted molar refractivity (Wildman–Crippen MR) is 67.8 cm³/mol. The number of aromatic amines is 1. The summed E-state index contributed by atoms with van der Waals surface area (Å²) >= 11 is 0. The SMILES string of the molecule is COc1ccc(OC)c(-c2nc(CO)[nH]c2C)c1. The molecule has 1 heterocycles. The maximum Gasteiger partial charge on any atom is 0.132 e. The fourth-order valence-corrected chi connectivity index (χ4v) is 1.86. The van der Waals surface area contributed by atoms with Crippen molar-refractivity contribution in [2.24, 2.45) is 0 Å². The highest BCUT2D eigenvalue weighted by Gasteiger charge is 2.14. The molecule has 2 rings (SSSR count). The Balaban J connectivity index is 2.56. The van der Waals surface area contributed by atoms with Crippen LogP contribution in [0.2, 0.25) is 0 Å². The molecule has 2 N–H and O–H groups in total. The Morgan fingerprint density at radius 2 is 2.06 bits per heavy atom. The van der Waals surface area contributed by atoms with Crippen molar-refractivity contribution in [2.45, 2.75) is 13.5 Å². The molecular weight excluding hydrogens is 232 g/mol. The fraction of sp³-hybridized carbons (Fsp3) is 0.308. The van der Waals surface area contributed by atoms with Crippen molar-refractivity contribution in [3.8, 4) is 22.8 Å². The van der Waals surface area contributed by atoms with Crippen LogP contribution in [0.5, 0.6) is 11.5 Å². The van der Waals surface area contributed by atoms with Gasteiger partial charge in [-0.2, -0.15) is 0 Å². The number of hydrogen-bond acceptors (Lipinski definition) is 4. The molecule has 0 unspecified atom stereocenters. The first-order valence-corrected chi connectivity index (χ1v) is 5.58. The summed E-state index contributed by atoms with van der Waals surface area (Å²) in [5.41, 5.74) is 2.48. The highest BCUT2D eigenvalue weighted by atomic mass is 16.5. The largest absolute Gasteiger partial charge is 0.497 e. The summed E-state index contributed by atoms with van der Waals surface area (Å²) in [7, 11) is 3.22. The third kappa shape index (κ3) is 2.17. The molecule has 1 aromatic carbocycles. The zero-order valence-corrected chi connectivity index (χ0v) is 10.7. The van der Waals surface area contributed by atoms with E-state index in [-0.39, 0.29) is 6.61 Å². The number of nitrogens with one attached hydrogen (secondary N) is 1. The van der Waals surface area contributed by atoms with Crippen LogP contribution in [0, 0.1) is 6.92 Å². The van der Waals surface area contributed by atoms with Crippen molar-refractivity contribution in [1.29, 1.82) is 0 Å². The number of aliphatic hydroxyl groups excluding tert-OH is 1. The number of methoxy groups -OCH3 is 2. The van der Waals surface area contributed by atoms with E-state index in [1.807, 2.05) is 25.1 Å². The summed E-state index contributed by atoms with van der Waals surface area (Å²) in [4.78, 5) is 7.37. The summed E-state index contributed by atoms with van der Waals surface area (Å²) in [6.45, 7) is 1.79. The van der Waals surface area contributed by atoms with Gasteiger partial charge in [0.15, 0.2) is 0 Å². The first kappa shape index (κ1) is 12.4. The van der Waals surface area contributed by atoms with Crippen molar-refractivity contribution >= 4 is 0 Å². The van der Waals surface area contributed by atoms with Crippen LogP contribution in [0.4, 0.5) is 0 Å². The van der Waals surface area contributed by atoms with Gasteiger partial charge in [-0.1, -0.05) is 0 Å². The van der Waals surface area contributed by atoms with Crippen LogP contribution >= 0.6 is 0 Å². The number of H-pyrrole nitrogens is 1. The van der Waals surface area contributed by atoms with Gasteiger partial charge in [0.25, 0.3) is 0 Å². The highest BCUT2D eigenvalue weighted by molar-refractivity contribution is 5.71. The van der Waals surface area contributed by atoms with E-state index in [4.69, 9.17) is 14.6 Å². The molecule has 0 aliphatic heterocycles. The molecule has 5 heteroatoms. The average Bonchev–Trinajstić information content (AvgIpc) is 2.79. The number of imidazole rings is 1. The predicted octanol–water partition coefficient (Wildman–Crippen LogP) is 1.89. The minimum Gasteiger partial charge on any atom is -0.497 e. The van der Waals surface area contributed by atoms with Crippen LogP contribution in [0.25, 0.3) is 11.3 Å². The van der Waals surface area contributed by atoms with E-state index >= 15 is 0 Å². The van der Waals surface area contributed by atoms with Gasteiger partial charge in [-0.05, 0) is 25.1 Å². The molecule has 0 fully saturated rings. The Kier molecular flexibility index (Phi) is 3.53. The van der Waals surface area contributed by atoms with E-state index in [0.29, 0.717) is 5.82 Å². The van der Waals surface area contributed by atoms with Crippen LogP contribution in [0.1, 0.15) is 11.5 Å². The second kappa shape index (κ2) is 5.10. The number of rotatable bonds is 4. The second-order valence-electron chi connectivity index (χ2n) is 3.88. The first-order valence-electron chi connectivity index (χ1n) is 5.58. The molecule has 0 saturated heterocycles. The van der Waals surface area contributed by atoms with Crippen LogP contribution in [0.3, 0.4) is 0 Å². The lowest BCUT2D eigenvalue weighted by atomic mass is 10.1. The maximum absolute atomic E-state index is 9.10. The second-order valence-corrected chi connectivity index (χ2v) is 3.88. The number of benzene rings is 1. The molecule has 0 aliphatic carbocycles. The summed E-state index contributed by atoms with van der Waals surface area (Å²) in [6, 6.07) is 5.53. The minimum absolute atomic E-state index is 0.118. The molecule has 0 spiro atoms. The lowest BCUT2D eigenvalue weighted by molar-refractivity contribution is 0.272. The third-order valence-electron chi connectivity index (χ3n) is 2.75. The number of aryl methyl sites for hydroxylation is 1. The molecule has 2 aromatic rings. The molecule has 0 amide bonds. The number of ether oxygens (including phenoxy) is 2. The van der Waals surface area contributed by atoms with E-state index in [1.165, 1.54) is 0 Å². The van der Waals surface area contributed by atoms with Gasteiger partial charge in [0.05, 0.1) is 19.9 Å². The number of aromatic nitrogens is 2. The number of aliphatic hydroxyl groups is 1. The van der Waals surface area contributed by atoms with Gasteiger partial charge in [-0.3, -0.25) is 0 Å². The van der Waals surface area contributed by atoms with Gasteiger partial charge in [-0.25, -0.2) is 4.98 Å². The molecule has 0 bridgehead atoms. The third-order valence-corrected chi connectivity index (χ3v) is 2.75. The molecule has 0 aliphatic rings. The molecule has 0 atom stereocenters. The van der Waals surface area contributed by atoms with Crippen molar-refractivity contribution in [1.82, 2.24) is 9.97 Å². The first-order chi connectivity index (χ1) is 8.69. The van der Waals surface area contributed by atoms with Gasteiger partial charge in [-0.15, -0.1) is 0 Å². The van der Waals surface area contributed by atoms with Crippen molar-refractivity contribution in [3.05, 3.63) is 29.7 Å². The monoisotopic (exact) mass is 248 g/mol. The lowest BCUT2D eigenvalue weighted by Gasteiger charge is -2.09. The van der Waals surface area contributed by atoms with Crippen LogP contribution in [-0.4, -0.2) is 29.3 Å². The van der Waals surface area contributed by atoms with Crippen LogP contribution < -0.4 is 9.47 Å². The Labute approximate surface area is 105 Å². The Bertz CT molecular complexity index is 549. The zero-order valence-electron chi connectivity index (χ0n) is 10.7. The van der Waals surface area contributed by atoms with E-state index in [0.717, 1.165) is 28.5 Å². The van der Waals surface area contributed by atoms with Gasteiger partial charge in [0.1, 0.15) is 23.9 Å². The molecule has 5 nitrogen and oxygen atoms in total. The molecule has 0 saturated carbocycles. The van der Waals surface area contributed by atoms with Crippen LogP contribution in [0.15, 0.2) is 18.2 Å². The summed E-state index contributed by atoms with van der Waals surface area (Å²) in [6.07, 6.45) is 0. The maximum atomic E-state index is 9.10.